The molecule has 1 unspecified atom stereocenters. The van der Waals surface area contributed by atoms with Gasteiger partial charge in [-0.25, -0.2) is 9.37 Å². The Morgan fingerprint density at radius 2 is 2.32 bits per heavy atom. The maximum absolute atomic E-state index is 13.3. The lowest BCUT2D eigenvalue weighted by atomic mass is 10.2. The fraction of sp³-hybridized carbons (Fsp3) is 0.235. The number of aromatic nitrogens is 1. The summed E-state index contributed by atoms with van der Waals surface area (Å²) in [6, 6.07) is 3.86. The first-order chi connectivity index (χ1) is 13.5. The third-order valence-corrected chi connectivity index (χ3v) is 5.87. The molecule has 1 aliphatic heterocycles. The van der Waals surface area contributed by atoms with Crippen LogP contribution in [0.25, 0.3) is 0 Å². The molecule has 1 atom stereocenters. The summed E-state index contributed by atoms with van der Waals surface area (Å²) in [5.41, 5.74) is 0.840. The number of hydrogen-bond donors (Lipinski definition) is 1. The van der Waals surface area contributed by atoms with Gasteiger partial charge in [-0.1, -0.05) is 11.6 Å². The maximum atomic E-state index is 13.3. The molecule has 2 heterocycles. The van der Waals surface area contributed by atoms with E-state index in [2.05, 4.69) is 14.7 Å². The van der Waals surface area contributed by atoms with E-state index < -0.39 is 23.3 Å². The fourth-order valence-corrected chi connectivity index (χ4v) is 4.23. The van der Waals surface area contributed by atoms with Crippen molar-refractivity contribution >= 4 is 51.8 Å². The molecule has 1 aromatic heterocycles. The minimum absolute atomic E-state index is 0.110. The number of amides is 1. The van der Waals surface area contributed by atoms with Crippen LogP contribution < -0.4 is 5.32 Å². The minimum atomic E-state index is -1.80. The fourth-order valence-electron chi connectivity index (χ4n) is 2.39. The van der Waals surface area contributed by atoms with Crippen molar-refractivity contribution in [3.63, 3.8) is 0 Å². The highest BCUT2D eigenvalue weighted by molar-refractivity contribution is 7.88. The van der Waals surface area contributed by atoms with Crippen LogP contribution in [0.5, 0.6) is 0 Å². The summed E-state index contributed by atoms with van der Waals surface area (Å²) in [6.45, 7) is 0.748. The van der Waals surface area contributed by atoms with Crippen molar-refractivity contribution in [1.29, 1.82) is 0 Å². The maximum Gasteiger partial charge on any atom is 0.276 e. The van der Waals surface area contributed by atoms with E-state index in [4.69, 9.17) is 16.3 Å². The molecule has 1 aromatic carbocycles. The van der Waals surface area contributed by atoms with Gasteiger partial charge in [-0.2, -0.15) is 4.31 Å². The molecule has 28 heavy (non-hydrogen) atoms. The van der Waals surface area contributed by atoms with Gasteiger partial charge >= 0.3 is 0 Å². The second-order valence-electron chi connectivity index (χ2n) is 5.61. The number of nitrogens with one attached hydrogen (secondary N) is 1. The number of anilines is 1. The topological polar surface area (TPSA) is 89.9 Å². The molecule has 0 bridgehead atoms. The zero-order valence-electron chi connectivity index (χ0n) is 14.7. The number of halogens is 2. The highest BCUT2D eigenvalue weighted by Gasteiger charge is 2.33. The van der Waals surface area contributed by atoms with E-state index in [1.54, 1.807) is 18.7 Å². The molecule has 7 nitrogen and oxygen atoms in total. The Balaban J connectivity index is 1.87. The van der Waals surface area contributed by atoms with E-state index in [0.717, 1.165) is 6.07 Å². The average molecular weight is 443 g/mol. The Morgan fingerprint density at radius 3 is 3.00 bits per heavy atom. The second-order valence-corrected chi connectivity index (χ2v) is 7.99. The summed E-state index contributed by atoms with van der Waals surface area (Å²) in [5.74, 6) is -1.10. The molecule has 0 saturated heterocycles. The SMILES string of the molecule is COCCCN1C(C(=O)Nc2ccc(F)c(Cl)c2)=CC(c2nccs2)=N[S+]1[O-]. The molecule has 0 saturated carbocycles. The molecule has 0 aliphatic carbocycles. The van der Waals surface area contributed by atoms with Crippen molar-refractivity contribution in [3.8, 4) is 0 Å². The summed E-state index contributed by atoms with van der Waals surface area (Å²) < 4.78 is 36.6. The Kier molecular flexibility index (Phi) is 7.03. The van der Waals surface area contributed by atoms with Crippen LogP contribution in [0, 0.1) is 5.82 Å². The van der Waals surface area contributed by atoms with Crippen molar-refractivity contribution in [2.45, 2.75) is 6.42 Å². The minimum Gasteiger partial charge on any atom is -0.566 e. The number of carbonyl (C=O) groups excluding carboxylic acids is 1. The second kappa shape index (κ2) is 9.48. The highest BCUT2D eigenvalue weighted by Crippen LogP contribution is 2.25. The first kappa shape index (κ1) is 20.7. The number of thiazole rings is 1. The third kappa shape index (κ3) is 4.89. The number of hydrogen-bond acceptors (Lipinski definition) is 7. The number of rotatable bonds is 7. The number of allylic oxidation sites excluding steroid dienone is 1. The lowest BCUT2D eigenvalue weighted by Gasteiger charge is -2.26. The summed E-state index contributed by atoms with van der Waals surface area (Å²) in [5, 5.41) is 4.86. The van der Waals surface area contributed by atoms with E-state index in [-0.39, 0.29) is 10.7 Å². The van der Waals surface area contributed by atoms with Crippen LogP contribution in [0.4, 0.5) is 10.1 Å². The smallest absolute Gasteiger partial charge is 0.276 e. The number of carbonyl (C=O) groups is 1. The number of methoxy groups -OCH3 is 1. The first-order valence-electron chi connectivity index (χ1n) is 8.14. The van der Waals surface area contributed by atoms with Gasteiger partial charge < -0.3 is 14.6 Å². The van der Waals surface area contributed by atoms with Gasteiger partial charge in [0.15, 0.2) is 11.4 Å². The van der Waals surface area contributed by atoms with E-state index >= 15 is 0 Å². The van der Waals surface area contributed by atoms with Crippen LogP contribution in [0.2, 0.25) is 5.02 Å². The van der Waals surface area contributed by atoms with Gasteiger partial charge in [0, 0.05) is 37.1 Å². The Morgan fingerprint density at radius 1 is 1.50 bits per heavy atom. The van der Waals surface area contributed by atoms with Crippen molar-refractivity contribution < 1.29 is 18.5 Å². The zero-order chi connectivity index (χ0) is 20.1. The van der Waals surface area contributed by atoms with Gasteiger partial charge in [0.25, 0.3) is 5.91 Å². The van der Waals surface area contributed by atoms with Crippen LogP contribution in [0.1, 0.15) is 11.4 Å². The van der Waals surface area contributed by atoms with Gasteiger partial charge in [0.1, 0.15) is 10.8 Å². The lowest BCUT2D eigenvalue weighted by molar-refractivity contribution is -0.113. The summed E-state index contributed by atoms with van der Waals surface area (Å²) in [7, 11) is 1.56. The van der Waals surface area contributed by atoms with Crippen molar-refractivity contribution in [2.24, 2.45) is 4.40 Å². The largest absolute Gasteiger partial charge is 0.566 e. The monoisotopic (exact) mass is 442 g/mol. The van der Waals surface area contributed by atoms with Crippen molar-refractivity contribution in [2.75, 3.05) is 25.6 Å². The quantitative estimate of drug-likeness (QED) is 0.525. The summed E-state index contributed by atoms with van der Waals surface area (Å²) in [4.78, 5) is 17.0. The Hall–Kier alpha value is -1.98. The lowest BCUT2D eigenvalue weighted by Crippen LogP contribution is -2.39. The Bertz CT molecular complexity index is 908. The molecule has 1 aliphatic rings. The van der Waals surface area contributed by atoms with Crippen LogP contribution in [0.15, 0.2) is 45.9 Å². The van der Waals surface area contributed by atoms with E-state index in [1.807, 2.05) is 0 Å². The van der Waals surface area contributed by atoms with Crippen LogP contribution >= 0.6 is 22.9 Å². The molecular formula is C17H16ClFN4O3S2. The van der Waals surface area contributed by atoms with Crippen molar-refractivity contribution in [3.05, 3.63) is 57.4 Å². The molecule has 1 N–H and O–H groups in total. The van der Waals surface area contributed by atoms with Gasteiger partial charge in [0.2, 0.25) is 11.5 Å². The van der Waals surface area contributed by atoms with E-state index in [9.17, 15) is 13.7 Å². The van der Waals surface area contributed by atoms with Gasteiger partial charge in [-0.3, -0.25) is 4.79 Å². The molecular weight excluding hydrogens is 427 g/mol. The predicted molar refractivity (Wildman–Crippen MR) is 108 cm³/mol. The molecule has 2 aromatic rings. The van der Waals surface area contributed by atoms with E-state index in [0.29, 0.717) is 36.0 Å². The molecule has 3 rings (SSSR count). The predicted octanol–water partition coefficient (Wildman–Crippen LogP) is 3.18. The van der Waals surface area contributed by atoms with Gasteiger partial charge in [-0.05, 0) is 29.0 Å². The molecule has 0 radical (unpaired) electrons. The Labute approximate surface area is 173 Å². The molecule has 11 heteroatoms. The van der Waals surface area contributed by atoms with Crippen LogP contribution in [0.3, 0.4) is 0 Å². The van der Waals surface area contributed by atoms with Gasteiger partial charge in [0.05, 0.1) is 11.6 Å². The van der Waals surface area contributed by atoms with Crippen molar-refractivity contribution in [1.82, 2.24) is 9.29 Å². The third-order valence-electron chi connectivity index (χ3n) is 3.68. The van der Waals surface area contributed by atoms with Gasteiger partial charge in [-0.15, -0.1) is 11.3 Å². The number of nitrogens with zero attached hydrogens (tertiary/aromatic N) is 3. The number of benzene rings is 1. The molecule has 0 spiro atoms. The van der Waals surface area contributed by atoms with Crippen LogP contribution in [-0.2, 0) is 21.1 Å². The highest BCUT2D eigenvalue weighted by atomic mass is 35.5. The normalized spacial score (nSPS) is 16.6. The zero-order valence-corrected chi connectivity index (χ0v) is 17.1. The first-order valence-corrected chi connectivity index (χ1v) is 10.5. The molecule has 1 amide bonds. The van der Waals surface area contributed by atoms with E-state index in [1.165, 1.54) is 33.9 Å². The van der Waals surface area contributed by atoms with Crippen LogP contribution in [-0.4, -0.2) is 45.7 Å². The summed E-state index contributed by atoms with van der Waals surface area (Å²) >= 11 is 5.30. The summed E-state index contributed by atoms with van der Waals surface area (Å²) in [6.07, 6.45) is 3.69. The average Bonchev–Trinajstić information content (AvgIpc) is 3.20. The molecule has 148 valence electrons. The number of ether oxygens (including phenoxy) is 1. The molecule has 0 fully saturated rings. The standard InChI is InChI=1S/C17H16ClFN4O3S2/c1-26-7-2-6-23-15(10-14(22-28(23)25)17-20-5-8-27-17)16(24)21-11-3-4-13(19)12(18)9-11/h3-5,8-10H,2,6-7H2,1H3,(H,21,24).